The van der Waals surface area contributed by atoms with E-state index in [1.54, 1.807) is 0 Å². The standard InChI is InChI=1S/C59H117NO3/c1-3-5-7-9-11-13-15-17-19-21-23-24-25-26-27-28-29-30-31-32-33-34-35-36-37-39-41-43-45-47-49-51-53-55-59(63)60-57(56-61)58(62)54-52-50-48-46-44-42-40-38-22-20-18-16-14-12-10-8-6-4-2/h26-27,57-58,61-62H,3-25,28-56H2,1-2H3,(H,60,63)/b27-26-. The number of hydrogen-bond donors (Lipinski definition) is 3. The second-order valence-electron chi connectivity index (χ2n) is 20.4. The summed E-state index contributed by atoms with van der Waals surface area (Å²) in [5, 5.41) is 23.3. The van der Waals surface area contributed by atoms with Crippen LogP contribution >= 0.6 is 0 Å². The molecule has 1 amide bonds. The molecular formula is C59H117NO3. The lowest BCUT2D eigenvalue weighted by atomic mass is 10.0. The van der Waals surface area contributed by atoms with Crippen LogP contribution < -0.4 is 5.32 Å². The van der Waals surface area contributed by atoms with Crippen molar-refractivity contribution in [3.63, 3.8) is 0 Å². The van der Waals surface area contributed by atoms with Gasteiger partial charge in [0.1, 0.15) is 0 Å². The number of unbranched alkanes of at least 4 members (excludes halogenated alkanes) is 46. The zero-order chi connectivity index (χ0) is 45.6. The highest BCUT2D eigenvalue weighted by molar-refractivity contribution is 5.76. The van der Waals surface area contributed by atoms with E-state index < -0.39 is 12.1 Å². The summed E-state index contributed by atoms with van der Waals surface area (Å²) >= 11 is 0. The minimum atomic E-state index is -0.656. The molecule has 376 valence electrons. The number of amides is 1. The fourth-order valence-electron chi connectivity index (χ4n) is 9.54. The zero-order valence-electron chi connectivity index (χ0n) is 43.4. The number of carbonyl (C=O) groups excluding carboxylic acids is 1. The molecular weight excluding hydrogens is 771 g/mol. The molecule has 0 saturated heterocycles. The molecule has 2 atom stereocenters. The lowest BCUT2D eigenvalue weighted by Gasteiger charge is -2.22. The molecule has 0 aromatic rings. The van der Waals surface area contributed by atoms with E-state index in [-0.39, 0.29) is 12.5 Å². The van der Waals surface area contributed by atoms with Gasteiger partial charge in [0, 0.05) is 6.42 Å². The largest absolute Gasteiger partial charge is 0.394 e. The number of rotatable bonds is 55. The van der Waals surface area contributed by atoms with Crippen molar-refractivity contribution >= 4 is 5.91 Å². The van der Waals surface area contributed by atoms with Crippen molar-refractivity contribution in [1.29, 1.82) is 0 Å². The molecule has 0 heterocycles. The van der Waals surface area contributed by atoms with Crippen LogP contribution in [0.1, 0.15) is 341 Å². The lowest BCUT2D eigenvalue weighted by molar-refractivity contribution is -0.123. The number of carbonyl (C=O) groups is 1. The van der Waals surface area contributed by atoms with Gasteiger partial charge in [-0.25, -0.2) is 0 Å². The monoisotopic (exact) mass is 888 g/mol. The highest BCUT2D eigenvalue weighted by Gasteiger charge is 2.20. The Morgan fingerprint density at radius 3 is 0.873 bits per heavy atom. The SMILES string of the molecule is CCCCCCCCCCCCCC/C=C\CCCCCCCCCCCCCCCCCCCC(=O)NC(CO)C(O)CCCCCCCCCCCCCCCCCCCC. The van der Waals surface area contributed by atoms with Crippen LogP contribution in [-0.2, 0) is 4.79 Å². The maximum absolute atomic E-state index is 12.5. The summed E-state index contributed by atoms with van der Waals surface area (Å²) in [6.45, 7) is 4.40. The van der Waals surface area contributed by atoms with Gasteiger partial charge < -0.3 is 15.5 Å². The van der Waals surface area contributed by atoms with E-state index in [2.05, 4.69) is 31.3 Å². The summed E-state index contributed by atoms with van der Waals surface area (Å²) < 4.78 is 0. The van der Waals surface area contributed by atoms with E-state index in [1.165, 1.54) is 289 Å². The predicted molar refractivity (Wildman–Crippen MR) is 281 cm³/mol. The van der Waals surface area contributed by atoms with Crippen LogP contribution in [0.15, 0.2) is 12.2 Å². The van der Waals surface area contributed by atoms with Crippen LogP contribution in [-0.4, -0.2) is 34.9 Å². The first kappa shape index (κ1) is 62.1. The van der Waals surface area contributed by atoms with E-state index >= 15 is 0 Å². The Balaban J connectivity index is 3.39. The van der Waals surface area contributed by atoms with Gasteiger partial charge in [-0.15, -0.1) is 0 Å². The van der Waals surface area contributed by atoms with E-state index in [4.69, 9.17) is 0 Å². The first-order chi connectivity index (χ1) is 31.2. The molecule has 0 spiro atoms. The second kappa shape index (κ2) is 55.5. The third-order valence-electron chi connectivity index (χ3n) is 14.0. The van der Waals surface area contributed by atoms with Crippen molar-refractivity contribution in [3.8, 4) is 0 Å². The molecule has 4 nitrogen and oxygen atoms in total. The van der Waals surface area contributed by atoms with Gasteiger partial charge in [0.2, 0.25) is 5.91 Å². The fourth-order valence-corrected chi connectivity index (χ4v) is 9.54. The molecule has 3 N–H and O–H groups in total. The fraction of sp³-hybridized carbons (Fsp3) is 0.949. The van der Waals surface area contributed by atoms with Crippen molar-refractivity contribution in [1.82, 2.24) is 5.32 Å². The van der Waals surface area contributed by atoms with Gasteiger partial charge in [-0.3, -0.25) is 4.79 Å². The van der Waals surface area contributed by atoms with Crippen LogP contribution in [0, 0.1) is 0 Å². The summed E-state index contributed by atoms with van der Waals surface area (Å²) in [5.74, 6) is -0.0238. The predicted octanol–water partition coefficient (Wildman–Crippen LogP) is 19.3. The van der Waals surface area contributed by atoms with Gasteiger partial charge in [0.25, 0.3) is 0 Å². The Morgan fingerprint density at radius 2 is 0.603 bits per heavy atom. The van der Waals surface area contributed by atoms with Crippen molar-refractivity contribution in [3.05, 3.63) is 12.2 Å². The summed E-state index contributed by atoms with van der Waals surface area (Å²) in [4.78, 5) is 12.5. The van der Waals surface area contributed by atoms with Gasteiger partial charge in [-0.05, 0) is 38.5 Å². The molecule has 0 aliphatic rings. The summed E-state index contributed by atoms with van der Waals surface area (Å²) in [7, 11) is 0. The van der Waals surface area contributed by atoms with Gasteiger partial charge in [0.05, 0.1) is 18.8 Å². The van der Waals surface area contributed by atoms with Gasteiger partial charge in [-0.1, -0.05) is 309 Å². The number of aliphatic hydroxyl groups is 2. The molecule has 0 rings (SSSR count). The molecule has 4 heteroatoms. The average molecular weight is 889 g/mol. The molecule has 63 heavy (non-hydrogen) atoms. The molecule has 0 bridgehead atoms. The Kier molecular flexibility index (Phi) is 54.7. The van der Waals surface area contributed by atoms with Gasteiger partial charge in [0.15, 0.2) is 0 Å². The second-order valence-corrected chi connectivity index (χ2v) is 20.4. The van der Waals surface area contributed by atoms with E-state index in [9.17, 15) is 15.0 Å². The van der Waals surface area contributed by atoms with Crippen LogP contribution in [0.4, 0.5) is 0 Å². The van der Waals surface area contributed by atoms with E-state index in [0.717, 1.165) is 25.7 Å². The molecule has 0 aliphatic heterocycles. The van der Waals surface area contributed by atoms with E-state index in [0.29, 0.717) is 12.8 Å². The Hall–Kier alpha value is -0.870. The smallest absolute Gasteiger partial charge is 0.220 e. The topological polar surface area (TPSA) is 69.6 Å². The highest BCUT2D eigenvalue weighted by atomic mass is 16.3. The molecule has 0 fully saturated rings. The minimum absolute atomic E-state index is 0.0238. The number of allylic oxidation sites excluding steroid dienone is 2. The van der Waals surface area contributed by atoms with Crippen LogP contribution in [0.2, 0.25) is 0 Å². The maximum atomic E-state index is 12.5. The van der Waals surface area contributed by atoms with Crippen LogP contribution in [0.5, 0.6) is 0 Å². The molecule has 0 aromatic heterocycles. The Bertz CT molecular complexity index is 875. The van der Waals surface area contributed by atoms with Crippen LogP contribution in [0.3, 0.4) is 0 Å². The number of hydrogen-bond acceptors (Lipinski definition) is 3. The molecule has 0 saturated carbocycles. The average Bonchev–Trinajstić information content (AvgIpc) is 3.29. The number of nitrogens with one attached hydrogen (secondary N) is 1. The Labute approximate surface area is 397 Å². The maximum Gasteiger partial charge on any atom is 0.220 e. The normalized spacial score (nSPS) is 12.8. The van der Waals surface area contributed by atoms with Gasteiger partial charge in [-0.2, -0.15) is 0 Å². The first-order valence-electron chi connectivity index (χ1n) is 29.4. The minimum Gasteiger partial charge on any atom is -0.394 e. The van der Waals surface area contributed by atoms with Crippen molar-refractivity contribution in [2.24, 2.45) is 0 Å². The quantitative estimate of drug-likeness (QED) is 0.0421. The number of aliphatic hydroxyl groups excluding tert-OH is 2. The lowest BCUT2D eigenvalue weighted by Crippen LogP contribution is -2.45. The molecule has 2 unspecified atom stereocenters. The molecule has 0 aromatic carbocycles. The third kappa shape index (κ3) is 52.0. The first-order valence-corrected chi connectivity index (χ1v) is 29.4. The zero-order valence-corrected chi connectivity index (χ0v) is 43.4. The van der Waals surface area contributed by atoms with Crippen molar-refractivity contribution in [2.45, 2.75) is 353 Å². The van der Waals surface area contributed by atoms with E-state index in [1.807, 2.05) is 0 Å². The summed E-state index contributed by atoms with van der Waals surface area (Å²) in [5.41, 5.74) is 0. The van der Waals surface area contributed by atoms with Crippen molar-refractivity contribution in [2.75, 3.05) is 6.61 Å². The molecule has 0 radical (unpaired) electrons. The molecule has 0 aliphatic carbocycles. The third-order valence-corrected chi connectivity index (χ3v) is 14.0. The van der Waals surface area contributed by atoms with Crippen molar-refractivity contribution < 1.29 is 15.0 Å². The summed E-state index contributed by atoms with van der Waals surface area (Å²) in [6.07, 6.45) is 72.2. The highest BCUT2D eigenvalue weighted by Crippen LogP contribution is 2.18. The summed E-state index contributed by atoms with van der Waals surface area (Å²) in [6, 6.07) is -0.533. The van der Waals surface area contributed by atoms with Crippen LogP contribution in [0.25, 0.3) is 0 Å². The van der Waals surface area contributed by atoms with Gasteiger partial charge >= 0.3 is 0 Å². The Morgan fingerprint density at radius 1 is 0.365 bits per heavy atom.